The van der Waals surface area contributed by atoms with E-state index in [0.717, 1.165) is 0 Å². The molecule has 1 aromatic heterocycles. The molecule has 1 aliphatic rings. The monoisotopic (exact) mass is 494 g/mol. The number of allylic oxidation sites excluding steroid dienone is 2. The Morgan fingerprint density at radius 1 is 0.917 bits per heavy atom. The number of phenolic OH excluding ortho intramolecular Hbond substituents is 3. The molecule has 0 spiro atoms. The molecule has 2 heterocycles. The Morgan fingerprint density at radius 3 is 2.11 bits per heavy atom. The molecule has 0 atom stereocenters. The average Bonchev–Trinajstić information content (AvgIpc) is 2.83. The summed E-state index contributed by atoms with van der Waals surface area (Å²) in [5.74, 6) is -0.886. The molecule has 0 unspecified atom stereocenters. The standard InChI is InChI=1S/C28H30O8/c1-14(12-29)5-7-17-21-26(34)22-20(11-19-16(23(22)31)9-10-28(3,4)36-19)35-27(21)18(25(33)24(17)32)8-6-15(2)13-30/h5-6,9-11,29-33H,7-8,12-13H2,1-4H3/b14-5+,15-6+. The summed E-state index contributed by atoms with van der Waals surface area (Å²) in [5, 5.41) is 51.6. The highest BCUT2D eigenvalue weighted by molar-refractivity contribution is 6.00. The number of hydrogen-bond donors (Lipinski definition) is 5. The van der Waals surface area contributed by atoms with Gasteiger partial charge >= 0.3 is 0 Å². The smallest absolute Gasteiger partial charge is 0.204 e. The molecule has 190 valence electrons. The molecule has 0 fully saturated rings. The number of fused-ring (bicyclic) bond motifs is 3. The fraction of sp³-hybridized carbons (Fsp3) is 0.321. The van der Waals surface area contributed by atoms with Crippen LogP contribution < -0.4 is 10.2 Å². The number of aromatic hydroxyl groups is 3. The van der Waals surface area contributed by atoms with Crippen LogP contribution in [0.4, 0.5) is 0 Å². The van der Waals surface area contributed by atoms with Crippen molar-refractivity contribution in [2.24, 2.45) is 0 Å². The second-order valence-corrected chi connectivity index (χ2v) is 9.66. The van der Waals surface area contributed by atoms with Gasteiger partial charge in [0.15, 0.2) is 11.5 Å². The number of phenols is 3. The average molecular weight is 495 g/mol. The second kappa shape index (κ2) is 9.37. The van der Waals surface area contributed by atoms with Gasteiger partial charge in [-0.15, -0.1) is 0 Å². The van der Waals surface area contributed by atoms with E-state index in [4.69, 9.17) is 9.15 Å². The highest BCUT2D eigenvalue weighted by Gasteiger charge is 2.29. The van der Waals surface area contributed by atoms with Gasteiger partial charge in [0.25, 0.3) is 0 Å². The summed E-state index contributed by atoms with van der Waals surface area (Å²) >= 11 is 0. The Hall–Kier alpha value is -3.75. The van der Waals surface area contributed by atoms with Gasteiger partial charge in [-0.05, 0) is 52.7 Å². The highest BCUT2D eigenvalue weighted by atomic mass is 16.5. The number of aliphatic hydroxyl groups is 2. The van der Waals surface area contributed by atoms with Crippen LogP contribution in [0.1, 0.15) is 44.4 Å². The van der Waals surface area contributed by atoms with Crippen LogP contribution in [-0.2, 0) is 12.8 Å². The van der Waals surface area contributed by atoms with Gasteiger partial charge in [0.2, 0.25) is 5.43 Å². The molecule has 8 heteroatoms. The van der Waals surface area contributed by atoms with Crippen molar-refractivity contribution in [1.29, 1.82) is 0 Å². The molecule has 8 nitrogen and oxygen atoms in total. The Bertz CT molecular complexity index is 1520. The minimum absolute atomic E-state index is 0.0149. The van der Waals surface area contributed by atoms with Crippen molar-refractivity contribution in [3.05, 3.63) is 62.4 Å². The lowest BCUT2D eigenvalue weighted by atomic mass is 9.94. The Morgan fingerprint density at radius 2 is 1.50 bits per heavy atom. The summed E-state index contributed by atoms with van der Waals surface area (Å²) in [7, 11) is 0. The van der Waals surface area contributed by atoms with E-state index < -0.39 is 22.5 Å². The van der Waals surface area contributed by atoms with Crippen molar-refractivity contribution in [1.82, 2.24) is 0 Å². The first-order valence-electron chi connectivity index (χ1n) is 11.6. The van der Waals surface area contributed by atoms with Crippen LogP contribution in [0.3, 0.4) is 0 Å². The van der Waals surface area contributed by atoms with Crippen molar-refractivity contribution in [3.63, 3.8) is 0 Å². The van der Waals surface area contributed by atoms with E-state index >= 15 is 0 Å². The minimum atomic E-state index is -0.629. The number of hydrogen-bond acceptors (Lipinski definition) is 8. The maximum Gasteiger partial charge on any atom is 0.204 e. The van der Waals surface area contributed by atoms with Gasteiger partial charge in [-0.25, -0.2) is 0 Å². The molecular weight excluding hydrogens is 464 g/mol. The van der Waals surface area contributed by atoms with Crippen molar-refractivity contribution < 1.29 is 34.7 Å². The third-order valence-corrected chi connectivity index (χ3v) is 6.36. The molecule has 0 aliphatic carbocycles. The van der Waals surface area contributed by atoms with E-state index in [1.165, 1.54) is 6.07 Å². The SMILES string of the molecule is C/C(=C\Cc1c(O)c(O)c(C/C=C(\C)CO)c2c(=O)c3c(O)c4c(cc3oc12)OC(C)(C)C=C4)CO. The topological polar surface area (TPSA) is 141 Å². The molecule has 0 saturated heterocycles. The summed E-state index contributed by atoms with van der Waals surface area (Å²) in [4.78, 5) is 13.9. The van der Waals surface area contributed by atoms with Crippen molar-refractivity contribution >= 4 is 28.0 Å². The first-order chi connectivity index (χ1) is 17.0. The Labute approximate surface area is 207 Å². The summed E-state index contributed by atoms with van der Waals surface area (Å²) in [6.07, 6.45) is 6.87. The lowest BCUT2D eigenvalue weighted by Crippen LogP contribution is -2.27. The van der Waals surface area contributed by atoms with Crippen molar-refractivity contribution in [2.45, 2.75) is 46.1 Å². The van der Waals surface area contributed by atoms with Crippen LogP contribution in [-0.4, -0.2) is 44.3 Å². The van der Waals surface area contributed by atoms with E-state index in [1.54, 1.807) is 38.2 Å². The van der Waals surface area contributed by atoms with Gasteiger partial charge in [-0.1, -0.05) is 23.3 Å². The van der Waals surface area contributed by atoms with Gasteiger partial charge in [-0.2, -0.15) is 0 Å². The molecule has 0 saturated carbocycles. The van der Waals surface area contributed by atoms with E-state index in [9.17, 15) is 30.3 Å². The second-order valence-electron chi connectivity index (χ2n) is 9.66. The Balaban J connectivity index is 2.13. The Kier molecular flexibility index (Phi) is 6.60. The predicted molar refractivity (Wildman–Crippen MR) is 138 cm³/mol. The summed E-state index contributed by atoms with van der Waals surface area (Å²) in [6, 6.07) is 1.54. The quantitative estimate of drug-likeness (QED) is 0.195. The molecule has 36 heavy (non-hydrogen) atoms. The van der Waals surface area contributed by atoms with Crippen molar-refractivity contribution in [2.75, 3.05) is 13.2 Å². The fourth-order valence-electron chi connectivity index (χ4n) is 4.24. The third kappa shape index (κ3) is 4.34. The molecule has 3 aromatic rings. The van der Waals surface area contributed by atoms with Crippen LogP contribution in [0.5, 0.6) is 23.0 Å². The van der Waals surface area contributed by atoms with Crippen LogP contribution in [0.2, 0.25) is 0 Å². The number of benzene rings is 2. The summed E-state index contributed by atoms with van der Waals surface area (Å²) < 4.78 is 12.1. The molecule has 0 bridgehead atoms. The zero-order valence-electron chi connectivity index (χ0n) is 20.7. The first kappa shape index (κ1) is 25.3. The lowest BCUT2D eigenvalue weighted by Gasteiger charge is -2.28. The molecule has 2 aromatic carbocycles. The van der Waals surface area contributed by atoms with Gasteiger partial charge < -0.3 is 34.7 Å². The van der Waals surface area contributed by atoms with Gasteiger partial charge in [0.05, 0.1) is 24.2 Å². The van der Waals surface area contributed by atoms with E-state index in [-0.39, 0.29) is 64.9 Å². The van der Waals surface area contributed by atoms with Gasteiger partial charge in [0, 0.05) is 17.2 Å². The van der Waals surface area contributed by atoms with Crippen LogP contribution in [0.25, 0.3) is 28.0 Å². The van der Waals surface area contributed by atoms with Crippen LogP contribution in [0.15, 0.2) is 44.7 Å². The fourth-order valence-corrected chi connectivity index (χ4v) is 4.24. The zero-order valence-corrected chi connectivity index (χ0v) is 20.7. The molecule has 0 radical (unpaired) electrons. The number of ether oxygens (including phenoxy) is 1. The molecule has 5 N–H and O–H groups in total. The molecule has 4 rings (SSSR count). The lowest BCUT2D eigenvalue weighted by molar-refractivity contribution is 0.158. The zero-order chi connectivity index (χ0) is 26.4. The van der Waals surface area contributed by atoms with Crippen LogP contribution in [0, 0.1) is 0 Å². The normalized spacial score (nSPS) is 15.4. The van der Waals surface area contributed by atoms with E-state index in [1.807, 2.05) is 13.8 Å². The van der Waals surface area contributed by atoms with E-state index in [2.05, 4.69) is 0 Å². The minimum Gasteiger partial charge on any atom is -0.506 e. The molecule has 0 amide bonds. The molecule has 1 aliphatic heterocycles. The number of rotatable bonds is 6. The molecular formula is C28H30O8. The third-order valence-electron chi connectivity index (χ3n) is 6.36. The maximum atomic E-state index is 13.9. The van der Waals surface area contributed by atoms with Crippen LogP contribution >= 0.6 is 0 Å². The largest absolute Gasteiger partial charge is 0.506 e. The van der Waals surface area contributed by atoms with Gasteiger partial charge in [0.1, 0.15) is 33.7 Å². The summed E-state index contributed by atoms with van der Waals surface area (Å²) in [5.41, 5.74) is 0.782. The maximum absolute atomic E-state index is 13.9. The first-order valence-corrected chi connectivity index (χ1v) is 11.6. The highest BCUT2D eigenvalue weighted by Crippen LogP contribution is 2.45. The predicted octanol–water partition coefficient (Wildman–Crippen LogP) is 4.21. The van der Waals surface area contributed by atoms with Gasteiger partial charge in [-0.3, -0.25) is 4.79 Å². The van der Waals surface area contributed by atoms with E-state index in [0.29, 0.717) is 22.5 Å². The van der Waals surface area contributed by atoms with Crippen molar-refractivity contribution in [3.8, 4) is 23.0 Å². The number of aliphatic hydroxyl groups excluding tert-OH is 2. The summed E-state index contributed by atoms with van der Waals surface area (Å²) in [6.45, 7) is 6.71.